The molecule has 8 nitrogen and oxygen atoms in total. The molecule has 8 heteroatoms. The number of ketones is 1. The molecule has 0 aliphatic carbocycles. The Morgan fingerprint density at radius 2 is 1.53 bits per heavy atom. The number of benzene rings is 3. The molecule has 0 aliphatic heterocycles. The predicted molar refractivity (Wildman–Crippen MR) is 127 cm³/mol. The van der Waals surface area contributed by atoms with Crippen LogP contribution in [-0.4, -0.2) is 34.0 Å². The van der Waals surface area contributed by atoms with Crippen molar-refractivity contribution in [3.8, 4) is 0 Å². The second-order valence-corrected chi connectivity index (χ2v) is 7.60. The van der Waals surface area contributed by atoms with Gasteiger partial charge in [0.05, 0.1) is 11.9 Å². The molecule has 1 heterocycles. The molecule has 4 aromatic rings. The second-order valence-electron chi connectivity index (χ2n) is 7.60. The van der Waals surface area contributed by atoms with Gasteiger partial charge in [0.2, 0.25) is 5.91 Å². The fraction of sp³-hybridized carbons (Fsp3) is 0.115. The minimum absolute atomic E-state index is 0.0417. The van der Waals surface area contributed by atoms with E-state index in [9.17, 15) is 19.2 Å². The standard InChI is InChI=1S/C26H21N3O5/c1-17(30)27-20-13-11-19(12-14-20)23(31)16-34-26(33)24-21-9-5-6-10-22(21)25(32)29(28-24)15-18-7-3-2-4-8-18/h2-14H,15-16H2,1H3,(H,27,30). The number of carbonyl (C=O) groups excluding carboxylic acids is 3. The Morgan fingerprint density at radius 1 is 0.882 bits per heavy atom. The number of aromatic nitrogens is 2. The molecular formula is C26H21N3O5. The van der Waals surface area contributed by atoms with Crippen LogP contribution in [0.25, 0.3) is 10.8 Å². The van der Waals surface area contributed by atoms with E-state index in [4.69, 9.17) is 4.74 Å². The van der Waals surface area contributed by atoms with Crippen molar-refractivity contribution in [3.05, 3.63) is 106 Å². The minimum atomic E-state index is -0.804. The van der Waals surface area contributed by atoms with Gasteiger partial charge in [-0.05, 0) is 35.9 Å². The fourth-order valence-electron chi connectivity index (χ4n) is 3.47. The number of hydrogen-bond acceptors (Lipinski definition) is 6. The van der Waals surface area contributed by atoms with Crippen molar-refractivity contribution in [3.63, 3.8) is 0 Å². The highest BCUT2D eigenvalue weighted by Gasteiger charge is 2.19. The average molecular weight is 455 g/mol. The van der Waals surface area contributed by atoms with E-state index < -0.39 is 18.4 Å². The van der Waals surface area contributed by atoms with Gasteiger partial charge in [-0.15, -0.1) is 0 Å². The fourth-order valence-corrected chi connectivity index (χ4v) is 3.47. The van der Waals surface area contributed by atoms with Crippen molar-refractivity contribution in [1.29, 1.82) is 0 Å². The van der Waals surface area contributed by atoms with Crippen LogP contribution in [0.1, 0.15) is 33.3 Å². The molecular weight excluding hydrogens is 434 g/mol. The molecule has 0 saturated heterocycles. The summed E-state index contributed by atoms with van der Waals surface area (Å²) in [6.07, 6.45) is 0. The van der Waals surface area contributed by atoms with E-state index in [2.05, 4.69) is 10.4 Å². The van der Waals surface area contributed by atoms with Crippen LogP contribution in [0.15, 0.2) is 83.7 Å². The largest absolute Gasteiger partial charge is 0.452 e. The van der Waals surface area contributed by atoms with Gasteiger partial charge in [0.25, 0.3) is 5.56 Å². The number of ether oxygens (including phenoxy) is 1. The lowest BCUT2D eigenvalue weighted by atomic mass is 10.1. The Balaban J connectivity index is 1.56. The number of nitrogens with one attached hydrogen (secondary N) is 1. The van der Waals surface area contributed by atoms with Crippen LogP contribution < -0.4 is 10.9 Å². The molecule has 0 fully saturated rings. The zero-order valence-electron chi connectivity index (χ0n) is 18.4. The summed E-state index contributed by atoms with van der Waals surface area (Å²) in [5, 5.41) is 7.57. The minimum Gasteiger partial charge on any atom is -0.452 e. The number of hydrogen-bond donors (Lipinski definition) is 1. The Bertz CT molecular complexity index is 1430. The van der Waals surface area contributed by atoms with Crippen molar-refractivity contribution >= 4 is 34.1 Å². The van der Waals surface area contributed by atoms with Gasteiger partial charge >= 0.3 is 5.97 Å². The molecule has 0 radical (unpaired) electrons. The van der Waals surface area contributed by atoms with Crippen LogP contribution in [0.3, 0.4) is 0 Å². The van der Waals surface area contributed by atoms with Gasteiger partial charge in [0, 0.05) is 23.6 Å². The SMILES string of the molecule is CC(=O)Nc1ccc(C(=O)COC(=O)c2nn(Cc3ccccc3)c(=O)c3ccccc23)cc1. The van der Waals surface area contributed by atoms with Gasteiger partial charge < -0.3 is 10.1 Å². The third kappa shape index (κ3) is 5.07. The van der Waals surface area contributed by atoms with Crippen LogP contribution in [0, 0.1) is 0 Å². The van der Waals surface area contributed by atoms with Crippen LogP contribution in [0.5, 0.6) is 0 Å². The maximum atomic E-state index is 12.9. The Morgan fingerprint density at radius 3 is 2.21 bits per heavy atom. The Kier molecular flexibility index (Phi) is 6.59. The highest BCUT2D eigenvalue weighted by Crippen LogP contribution is 2.16. The number of Topliss-reactive ketones (excluding diaryl/α,β-unsaturated/α-hetero) is 1. The summed E-state index contributed by atoms with van der Waals surface area (Å²) in [5.41, 5.74) is 1.36. The molecule has 1 amide bonds. The lowest BCUT2D eigenvalue weighted by Crippen LogP contribution is -2.27. The van der Waals surface area contributed by atoms with E-state index >= 15 is 0 Å². The zero-order valence-corrected chi connectivity index (χ0v) is 18.4. The number of anilines is 1. The number of amides is 1. The first kappa shape index (κ1) is 22.6. The Labute approximate surface area is 194 Å². The molecule has 0 saturated carbocycles. The quantitative estimate of drug-likeness (QED) is 0.338. The Hall–Kier alpha value is -4.59. The maximum absolute atomic E-state index is 12.9. The number of fused-ring (bicyclic) bond motifs is 1. The number of rotatable bonds is 7. The van der Waals surface area contributed by atoms with Crippen LogP contribution in [0.2, 0.25) is 0 Å². The van der Waals surface area contributed by atoms with E-state index in [1.807, 2.05) is 30.3 Å². The van der Waals surface area contributed by atoms with Crippen molar-refractivity contribution < 1.29 is 19.1 Å². The smallest absolute Gasteiger partial charge is 0.359 e. The van der Waals surface area contributed by atoms with Gasteiger partial charge in [0.15, 0.2) is 18.1 Å². The summed E-state index contributed by atoms with van der Waals surface area (Å²) < 4.78 is 6.48. The summed E-state index contributed by atoms with van der Waals surface area (Å²) in [5.74, 6) is -1.44. The van der Waals surface area contributed by atoms with Crippen molar-refractivity contribution in [2.24, 2.45) is 0 Å². The van der Waals surface area contributed by atoms with Gasteiger partial charge in [-0.3, -0.25) is 14.4 Å². The second kappa shape index (κ2) is 9.91. The molecule has 1 N–H and O–H groups in total. The molecule has 0 unspecified atom stereocenters. The lowest BCUT2D eigenvalue weighted by molar-refractivity contribution is -0.114. The summed E-state index contributed by atoms with van der Waals surface area (Å²) >= 11 is 0. The molecule has 3 aromatic carbocycles. The first-order chi connectivity index (χ1) is 16.4. The topological polar surface area (TPSA) is 107 Å². The molecule has 4 rings (SSSR count). The molecule has 1 aromatic heterocycles. The summed E-state index contributed by atoms with van der Waals surface area (Å²) in [4.78, 5) is 49.4. The molecule has 0 atom stereocenters. The van der Waals surface area contributed by atoms with Crippen molar-refractivity contribution in [2.75, 3.05) is 11.9 Å². The highest BCUT2D eigenvalue weighted by molar-refractivity contribution is 6.04. The molecule has 0 bridgehead atoms. The number of nitrogens with zero attached hydrogens (tertiary/aromatic N) is 2. The van der Waals surface area contributed by atoms with E-state index in [0.29, 0.717) is 22.0 Å². The highest BCUT2D eigenvalue weighted by atomic mass is 16.5. The van der Waals surface area contributed by atoms with Crippen LogP contribution >= 0.6 is 0 Å². The lowest BCUT2D eigenvalue weighted by Gasteiger charge is -2.11. The molecule has 0 spiro atoms. The van der Waals surface area contributed by atoms with E-state index in [1.165, 1.54) is 23.7 Å². The first-order valence-electron chi connectivity index (χ1n) is 10.5. The van der Waals surface area contributed by atoms with E-state index in [0.717, 1.165) is 5.56 Å². The van der Waals surface area contributed by atoms with Gasteiger partial charge in [-0.25, -0.2) is 9.48 Å². The van der Waals surface area contributed by atoms with Crippen molar-refractivity contribution in [2.45, 2.75) is 13.5 Å². The third-order valence-electron chi connectivity index (χ3n) is 5.10. The summed E-state index contributed by atoms with van der Waals surface area (Å²) in [7, 11) is 0. The summed E-state index contributed by atoms with van der Waals surface area (Å²) in [6.45, 7) is 1.08. The zero-order chi connectivity index (χ0) is 24.1. The van der Waals surface area contributed by atoms with Gasteiger partial charge in [-0.2, -0.15) is 5.10 Å². The van der Waals surface area contributed by atoms with E-state index in [1.54, 1.807) is 36.4 Å². The average Bonchev–Trinajstić information content (AvgIpc) is 2.85. The molecule has 34 heavy (non-hydrogen) atoms. The maximum Gasteiger partial charge on any atom is 0.359 e. The number of carbonyl (C=O) groups is 3. The number of esters is 1. The normalized spacial score (nSPS) is 10.6. The van der Waals surface area contributed by atoms with Crippen LogP contribution in [-0.2, 0) is 16.1 Å². The van der Waals surface area contributed by atoms with Gasteiger partial charge in [0.1, 0.15) is 0 Å². The van der Waals surface area contributed by atoms with Crippen molar-refractivity contribution in [1.82, 2.24) is 9.78 Å². The monoisotopic (exact) mass is 455 g/mol. The first-order valence-corrected chi connectivity index (χ1v) is 10.5. The molecule has 0 aliphatic rings. The summed E-state index contributed by atoms with van der Waals surface area (Å²) in [6, 6.07) is 22.2. The van der Waals surface area contributed by atoms with Gasteiger partial charge in [-0.1, -0.05) is 48.5 Å². The molecule has 170 valence electrons. The predicted octanol–water partition coefficient (Wildman–Crippen LogP) is 3.44. The van der Waals surface area contributed by atoms with E-state index in [-0.39, 0.29) is 23.7 Å². The van der Waals surface area contributed by atoms with Crippen LogP contribution in [0.4, 0.5) is 5.69 Å². The third-order valence-corrected chi connectivity index (χ3v) is 5.10.